The number of aliphatic hydroxyl groups is 2. The van der Waals surface area contributed by atoms with E-state index in [1.54, 1.807) is 23.5 Å². The smallest absolute Gasteiger partial charge is 0.0897 e. The van der Waals surface area contributed by atoms with Gasteiger partial charge < -0.3 is 10.2 Å². The van der Waals surface area contributed by atoms with Crippen LogP contribution in [0.3, 0.4) is 0 Å². The van der Waals surface area contributed by atoms with Crippen LogP contribution in [0.25, 0.3) is 0 Å². The summed E-state index contributed by atoms with van der Waals surface area (Å²) in [6.07, 6.45) is -1.19. The van der Waals surface area contributed by atoms with Crippen LogP contribution in [-0.2, 0) is 11.5 Å². The molecule has 1 aromatic rings. The van der Waals surface area contributed by atoms with Crippen LogP contribution in [0.4, 0.5) is 0 Å². The van der Waals surface area contributed by atoms with Crippen molar-refractivity contribution in [2.45, 2.75) is 23.7 Å². The predicted molar refractivity (Wildman–Crippen MR) is 70.8 cm³/mol. The first-order valence-corrected chi connectivity index (χ1v) is 7.66. The quantitative estimate of drug-likeness (QED) is 0.744. The average molecular weight is 256 g/mol. The van der Waals surface area contributed by atoms with E-state index in [0.29, 0.717) is 11.5 Å². The van der Waals surface area contributed by atoms with E-state index in [4.69, 9.17) is 0 Å². The maximum atomic E-state index is 9.66. The molecule has 0 aliphatic carbocycles. The van der Waals surface area contributed by atoms with Gasteiger partial charge in [0.1, 0.15) is 0 Å². The van der Waals surface area contributed by atoms with Crippen LogP contribution in [0.15, 0.2) is 24.3 Å². The summed E-state index contributed by atoms with van der Waals surface area (Å²) in [4.78, 5) is 0. The molecule has 16 heavy (non-hydrogen) atoms. The monoisotopic (exact) mass is 256 g/mol. The molecule has 2 N–H and O–H groups in total. The molecule has 2 nitrogen and oxygen atoms in total. The Labute approximate surface area is 104 Å². The van der Waals surface area contributed by atoms with Gasteiger partial charge in [0.25, 0.3) is 0 Å². The lowest BCUT2D eigenvalue weighted by molar-refractivity contribution is 0.0499. The second-order valence-electron chi connectivity index (χ2n) is 3.93. The van der Waals surface area contributed by atoms with Crippen LogP contribution in [0.5, 0.6) is 0 Å². The fraction of sp³-hybridized carbons (Fsp3) is 0.500. The van der Waals surface area contributed by atoms with Crippen LogP contribution in [0, 0.1) is 0 Å². The third-order valence-corrected chi connectivity index (χ3v) is 4.84. The molecule has 0 fully saturated rings. The van der Waals surface area contributed by atoms with Gasteiger partial charge in [-0.1, -0.05) is 24.3 Å². The van der Waals surface area contributed by atoms with Crippen LogP contribution in [0.2, 0.25) is 0 Å². The van der Waals surface area contributed by atoms with Gasteiger partial charge >= 0.3 is 0 Å². The third kappa shape index (κ3) is 3.17. The highest BCUT2D eigenvalue weighted by molar-refractivity contribution is 7.99. The van der Waals surface area contributed by atoms with E-state index in [0.717, 1.165) is 11.5 Å². The predicted octanol–water partition coefficient (Wildman–Crippen LogP) is 1.89. The zero-order valence-corrected chi connectivity index (χ0v) is 10.6. The number of hydrogen-bond acceptors (Lipinski definition) is 4. The molecule has 0 unspecified atom stereocenters. The lowest BCUT2D eigenvalue weighted by atomic mass is 10.1. The van der Waals surface area contributed by atoms with Crippen molar-refractivity contribution in [1.29, 1.82) is 0 Å². The molecule has 88 valence electrons. The minimum atomic E-state index is -0.595. The number of thioether (sulfide) groups is 2. The van der Waals surface area contributed by atoms with E-state index in [-0.39, 0.29) is 0 Å². The molecule has 2 rings (SSSR count). The van der Waals surface area contributed by atoms with Crippen LogP contribution >= 0.6 is 23.5 Å². The Kier molecular flexibility index (Phi) is 4.58. The van der Waals surface area contributed by atoms with Crippen LogP contribution in [-0.4, -0.2) is 33.9 Å². The Morgan fingerprint density at radius 1 is 0.875 bits per heavy atom. The van der Waals surface area contributed by atoms with E-state index in [2.05, 4.69) is 24.3 Å². The molecular formula is C12H16O2S2. The first-order chi connectivity index (χ1) is 7.77. The molecule has 0 radical (unpaired) electrons. The summed E-state index contributed by atoms with van der Waals surface area (Å²) >= 11 is 3.37. The number of fused-ring (bicyclic) bond motifs is 1. The summed E-state index contributed by atoms with van der Waals surface area (Å²) < 4.78 is 0. The molecule has 0 saturated carbocycles. The first-order valence-electron chi connectivity index (χ1n) is 5.36. The maximum absolute atomic E-state index is 9.66. The Hall–Kier alpha value is -0.160. The van der Waals surface area contributed by atoms with Gasteiger partial charge in [-0.15, -0.1) is 0 Å². The minimum Gasteiger partial charge on any atom is -0.390 e. The lowest BCUT2D eigenvalue weighted by Gasteiger charge is -2.20. The van der Waals surface area contributed by atoms with Crippen molar-refractivity contribution in [3.63, 3.8) is 0 Å². The molecule has 0 spiro atoms. The highest BCUT2D eigenvalue weighted by Gasteiger charge is 2.18. The molecule has 1 aliphatic heterocycles. The van der Waals surface area contributed by atoms with E-state index in [9.17, 15) is 10.2 Å². The third-order valence-electron chi connectivity index (χ3n) is 2.65. The minimum absolute atomic E-state index is 0.595. The Bertz CT molecular complexity index is 311. The normalized spacial score (nSPS) is 27.1. The number of hydrogen-bond donors (Lipinski definition) is 2. The van der Waals surface area contributed by atoms with E-state index < -0.39 is 12.2 Å². The number of benzene rings is 1. The van der Waals surface area contributed by atoms with Gasteiger partial charge in [-0.3, -0.25) is 0 Å². The van der Waals surface area contributed by atoms with Gasteiger partial charge in [0, 0.05) is 23.0 Å². The highest BCUT2D eigenvalue weighted by Crippen LogP contribution is 2.24. The topological polar surface area (TPSA) is 40.5 Å². The molecule has 0 bridgehead atoms. The van der Waals surface area contributed by atoms with Gasteiger partial charge in [-0.2, -0.15) is 23.5 Å². The van der Waals surface area contributed by atoms with E-state index >= 15 is 0 Å². The fourth-order valence-electron chi connectivity index (χ4n) is 1.64. The Morgan fingerprint density at radius 3 is 1.75 bits per heavy atom. The summed E-state index contributed by atoms with van der Waals surface area (Å²) in [6, 6.07) is 8.41. The van der Waals surface area contributed by atoms with Crippen LogP contribution in [0.1, 0.15) is 11.1 Å². The fourth-order valence-corrected chi connectivity index (χ4v) is 3.81. The van der Waals surface area contributed by atoms with E-state index in [1.807, 2.05) is 0 Å². The van der Waals surface area contributed by atoms with Gasteiger partial charge in [-0.25, -0.2) is 0 Å². The average Bonchev–Trinajstić information content (AvgIpc) is 2.30. The van der Waals surface area contributed by atoms with Gasteiger partial charge in [-0.05, 0) is 11.1 Å². The van der Waals surface area contributed by atoms with Crippen LogP contribution < -0.4 is 0 Å². The summed E-state index contributed by atoms with van der Waals surface area (Å²) in [5, 5.41) is 19.3. The van der Waals surface area contributed by atoms with Gasteiger partial charge in [0.15, 0.2) is 0 Å². The summed E-state index contributed by atoms with van der Waals surface area (Å²) in [5.74, 6) is 3.05. The maximum Gasteiger partial charge on any atom is 0.0897 e. The molecule has 0 saturated heterocycles. The summed E-state index contributed by atoms with van der Waals surface area (Å²) in [7, 11) is 0. The second kappa shape index (κ2) is 5.96. The first kappa shape index (κ1) is 12.3. The molecular weight excluding hydrogens is 240 g/mol. The standard InChI is InChI=1S/C12H16O2S2/c13-11-7-15-5-9-3-1-2-4-10(9)6-16-8-12(11)14/h1-4,11-14H,5-8H2/t11-,12-/m0/s1. The summed E-state index contributed by atoms with van der Waals surface area (Å²) in [5.41, 5.74) is 2.70. The Morgan fingerprint density at radius 2 is 1.31 bits per heavy atom. The highest BCUT2D eigenvalue weighted by atomic mass is 32.2. The molecule has 2 atom stereocenters. The summed E-state index contributed by atoms with van der Waals surface area (Å²) in [6.45, 7) is 0. The zero-order chi connectivity index (χ0) is 11.4. The van der Waals surface area contributed by atoms with Gasteiger partial charge in [0.05, 0.1) is 12.2 Å². The molecule has 4 heteroatoms. The van der Waals surface area contributed by atoms with Crippen molar-refractivity contribution < 1.29 is 10.2 Å². The Balaban J connectivity index is 2.10. The second-order valence-corrected chi connectivity index (χ2v) is 5.99. The van der Waals surface area contributed by atoms with Crippen molar-refractivity contribution in [3.05, 3.63) is 35.4 Å². The molecule has 1 aromatic carbocycles. The SMILES string of the molecule is O[C@H]1CSCc2ccccc2CSC[C@@H]1O. The van der Waals surface area contributed by atoms with Crippen molar-refractivity contribution in [3.8, 4) is 0 Å². The largest absolute Gasteiger partial charge is 0.390 e. The molecule has 0 aromatic heterocycles. The number of aliphatic hydroxyl groups excluding tert-OH is 2. The van der Waals surface area contributed by atoms with Gasteiger partial charge in [0.2, 0.25) is 0 Å². The lowest BCUT2D eigenvalue weighted by Crippen LogP contribution is -2.30. The molecule has 1 heterocycles. The van der Waals surface area contributed by atoms with Crippen molar-refractivity contribution in [2.24, 2.45) is 0 Å². The number of rotatable bonds is 0. The van der Waals surface area contributed by atoms with Crippen molar-refractivity contribution in [1.82, 2.24) is 0 Å². The van der Waals surface area contributed by atoms with E-state index in [1.165, 1.54) is 11.1 Å². The molecule has 1 aliphatic rings. The van der Waals surface area contributed by atoms with Crippen molar-refractivity contribution >= 4 is 23.5 Å². The zero-order valence-electron chi connectivity index (χ0n) is 9.00. The van der Waals surface area contributed by atoms with Crippen molar-refractivity contribution in [2.75, 3.05) is 11.5 Å². The molecule has 0 amide bonds.